The number of hydrogen-bond acceptors (Lipinski definition) is 5. The van der Waals surface area contributed by atoms with Crippen LogP contribution in [-0.2, 0) is 16.6 Å². The maximum Gasteiger partial charge on any atom is 0.273 e. The van der Waals surface area contributed by atoms with E-state index < -0.39 is 15.9 Å². The first kappa shape index (κ1) is 25.0. The number of ether oxygens (including phenoxy) is 1. The lowest BCUT2D eigenvalue weighted by Gasteiger charge is -2.12. The molecule has 4 aromatic rings. The Morgan fingerprint density at radius 1 is 0.861 bits per heavy atom. The van der Waals surface area contributed by atoms with Gasteiger partial charge in [-0.25, -0.2) is 13.8 Å². The number of rotatable bonds is 9. The summed E-state index contributed by atoms with van der Waals surface area (Å²) in [7, 11) is -3.93. The molecule has 182 valence electrons. The SMILES string of the molecule is O=C(N/N=C\c1ccccc1OCc1ccccc1)c1ccccc1NS(=O)(=O)c1ccc(Cl)cc1. The minimum Gasteiger partial charge on any atom is -0.488 e. The molecule has 0 spiro atoms. The smallest absolute Gasteiger partial charge is 0.273 e. The number of benzene rings is 4. The number of halogens is 1. The highest BCUT2D eigenvalue weighted by Crippen LogP contribution is 2.22. The maximum absolute atomic E-state index is 12.8. The standard InChI is InChI=1S/C27H22ClN3O4S/c28-22-14-16-23(17-15-22)36(33,34)31-25-12-6-5-11-24(25)27(32)30-29-18-21-10-4-7-13-26(21)35-19-20-8-2-1-3-9-20/h1-18,31H,19H2,(H,30,32)/b29-18-. The Morgan fingerprint density at radius 3 is 2.31 bits per heavy atom. The highest BCUT2D eigenvalue weighted by atomic mass is 35.5. The molecule has 0 atom stereocenters. The largest absolute Gasteiger partial charge is 0.488 e. The van der Waals surface area contributed by atoms with Gasteiger partial charge >= 0.3 is 0 Å². The zero-order valence-corrected chi connectivity index (χ0v) is 20.5. The van der Waals surface area contributed by atoms with E-state index in [2.05, 4.69) is 15.2 Å². The second-order valence-electron chi connectivity index (χ2n) is 7.62. The highest BCUT2D eigenvalue weighted by Gasteiger charge is 2.18. The normalized spacial score (nSPS) is 11.2. The predicted octanol–water partition coefficient (Wildman–Crippen LogP) is 5.48. The number of sulfonamides is 1. The number of carbonyl (C=O) groups excluding carboxylic acids is 1. The summed E-state index contributed by atoms with van der Waals surface area (Å²) in [5, 5.41) is 4.46. The second-order valence-corrected chi connectivity index (χ2v) is 9.74. The molecule has 0 saturated heterocycles. The van der Waals surface area contributed by atoms with Gasteiger partial charge in [0.1, 0.15) is 12.4 Å². The Hall–Kier alpha value is -4.14. The molecule has 0 heterocycles. The molecule has 0 aromatic heterocycles. The zero-order valence-electron chi connectivity index (χ0n) is 19.0. The van der Waals surface area contributed by atoms with Crippen molar-refractivity contribution in [3.05, 3.63) is 125 Å². The molecule has 0 fully saturated rings. The topological polar surface area (TPSA) is 96.9 Å². The van der Waals surface area contributed by atoms with Crippen LogP contribution >= 0.6 is 11.6 Å². The number of carbonyl (C=O) groups is 1. The van der Waals surface area contributed by atoms with Crippen LogP contribution in [-0.4, -0.2) is 20.5 Å². The van der Waals surface area contributed by atoms with E-state index in [9.17, 15) is 13.2 Å². The molecule has 4 rings (SSSR count). The van der Waals surface area contributed by atoms with Crippen molar-refractivity contribution in [1.29, 1.82) is 0 Å². The number of para-hydroxylation sites is 2. The molecule has 1 amide bonds. The number of hydrazone groups is 1. The number of nitrogens with zero attached hydrogens (tertiary/aromatic N) is 1. The van der Waals surface area contributed by atoms with Crippen molar-refractivity contribution in [2.45, 2.75) is 11.5 Å². The minimum absolute atomic E-state index is 0.0206. The van der Waals surface area contributed by atoms with Gasteiger partial charge in [-0.3, -0.25) is 9.52 Å². The third kappa shape index (κ3) is 6.50. The molecular formula is C27H22ClN3O4S. The second kappa shape index (κ2) is 11.5. The number of nitrogens with one attached hydrogen (secondary N) is 2. The average Bonchev–Trinajstić information content (AvgIpc) is 2.89. The first-order valence-electron chi connectivity index (χ1n) is 10.9. The van der Waals surface area contributed by atoms with Crippen LogP contribution in [0.15, 0.2) is 113 Å². The van der Waals surface area contributed by atoms with Gasteiger partial charge in [0, 0.05) is 10.6 Å². The molecule has 0 aliphatic rings. The van der Waals surface area contributed by atoms with E-state index in [1.807, 2.05) is 54.6 Å². The fraction of sp³-hybridized carbons (Fsp3) is 0.0370. The van der Waals surface area contributed by atoms with E-state index in [1.54, 1.807) is 12.1 Å². The first-order valence-corrected chi connectivity index (χ1v) is 12.7. The summed E-state index contributed by atoms with van der Waals surface area (Å²) in [6.07, 6.45) is 1.47. The third-order valence-electron chi connectivity index (χ3n) is 5.07. The Kier molecular flexibility index (Phi) is 7.99. The van der Waals surface area contributed by atoms with Crippen LogP contribution in [0.4, 0.5) is 5.69 Å². The van der Waals surface area contributed by atoms with E-state index in [-0.39, 0.29) is 16.1 Å². The van der Waals surface area contributed by atoms with Gasteiger partial charge in [-0.05, 0) is 54.1 Å². The first-order chi connectivity index (χ1) is 17.4. The van der Waals surface area contributed by atoms with Gasteiger partial charge in [-0.2, -0.15) is 5.10 Å². The summed E-state index contributed by atoms with van der Waals surface area (Å²) in [5.41, 5.74) is 4.37. The molecule has 0 saturated carbocycles. The fourth-order valence-electron chi connectivity index (χ4n) is 3.26. The molecule has 7 nitrogen and oxygen atoms in total. The van der Waals surface area contributed by atoms with Crippen molar-refractivity contribution in [1.82, 2.24) is 5.43 Å². The molecule has 0 unspecified atom stereocenters. The van der Waals surface area contributed by atoms with Gasteiger partial charge in [0.05, 0.1) is 22.4 Å². The Bertz CT molecular complexity index is 1470. The van der Waals surface area contributed by atoms with Gasteiger partial charge in [0.25, 0.3) is 15.9 Å². The lowest BCUT2D eigenvalue weighted by Crippen LogP contribution is -2.21. The summed E-state index contributed by atoms with van der Waals surface area (Å²) in [4.78, 5) is 12.8. The van der Waals surface area contributed by atoms with Crippen LogP contribution in [0.2, 0.25) is 5.02 Å². The average molecular weight is 520 g/mol. The van der Waals surface area contributed by atoms with Crippen LogP contribution < -0.4 is 14.9 Å². The van der Waals surface area contributed by atoms with Crippen molar-refractivity contribution < 1.29 is 17.9 Å². The number of hydrogen-bond donors (Lipinski definition) is 2. The molecule has 0 aliphatic heterocycles. The molecule has 4 aromatic carbocycles. The molecule has 0 bridgehead atoms. The van der Waals surface area contributed by atoms with Gasteiger partial charge in [0.15, 0.2) is 0 Å². The molecule has 2 N–H and O–H groups in total. The van der Waals surface area contributed by atoms with Crippen molar-refractivity contribution in [3.8, 4) is 5.75 Å². The maximum atomic E-state index is 12.8. The zero-order chi connectivity index (χ0) is 25.4. The summed E-state index contributed by atoms with van der Waals surface area (Å²) in [6.45, 7) is 0.388. The predicted molar refractivity (Wildman–Crippen MR) is 141 cm³/mol. The van der Waals surface area contributed by atoms with Gasteiger partial charge in [0.2, 0.25) is 0 Å². The molecular weight excluding hydrogens is 498 g/mol. The van der Waals surface area contributed by atoms with Gasteiger partial charge < -0.3 is 4.74 Å². The van der Waals surface area contributed by atoms with E-state index >= 15 is 0 Å². The molecule has 0 radical (unpaired) electrons. The lowest BCUT2D eigenvalue weighted by molar-refractivity contribution is 0.0956. The van der Waals surface area contributed by atoms with E-state index in [1.165, 1.54) is 42.6 Å². The minimum atomic E-state index is -3.93. The Morgan fingerprint density at radius 2 is 1.53 bits per heavy atom. The molecule has 0 aliphatic carbocycles. The summed E-state index contributed by atoms with van der Waals surface area (Å²) in [5.74, 6) is 0.0267. The van der Waals surface area contributed by atoms with Gasteiger partial charge in [-0.1, -0.05) is 66.2 Å². The van der Waals surface area contributed by atoms with E-state index in [0.717, 1.165) is 5.56 Å². The summed E-state index contributed by atoms with van der Waals surface area (Å²) in [6, 6.07) is 29.0. The van der Waals surface area contributed by atoms with Crippen LogP contribution in [0.3, 0.4) is 0 Å². The van der Waals surface area contributed by atoms with Crippen molar-refractivity contribution in [3.63, 3.8) is 0 Å². The van der Waals surface area contributed by atoms with Crippen molar-refractivity contribution in [2.75, 3.05) is 4.72 Å². The van der Waals surface area contributed by atoms with Crippen LogP contribution in [0.5, 0.6) is 5.75 Å². The van der Waals surface area contributed by atoms with Crippen LogP contribution in [0, 0.1) is 0 Å². The number of anilines is 1. The van der Waals surface area contributed by atoms with Crippen LogP contribution in [0.1, 0.15) is 21.5 Å². The molecule has 9 heteroatoms. The third-order valence-corrected chi connectivity index (χ3v) is 6.70. The summed E-state index contributed by atoms with van der Waals surface area (Å²) >= 11 is 5.85. The van der Waals surface area contributed by atoms with Crippen molar-refractivity contribution in [2.24, 2.45) is 5.10 Å². The Balaban J connectivity index is 1.45. The fourth-order valence-corrected chi connectivity index (χ4v) is 4.47. The highest BCUT2D eigenvalue weighted by molar-refractivity contribution is 7.92. The monoisotopic (exact) mass is 519 g/mol. The lowest BCUT2D eigenvalue weighted by atomic mass is 10.2. The van der Waals surface area contributed by atoms with E-state index in [0.29, 0.717) is 22.9 Å². The summed E-state index contributed by atoms with van der Waals surface area (Å²) < 4.78 is 33.9. The van der Waals surface area contributed by atoms with E-state index in [4.69, 9.17) is 16.3 Å². The van der Waals surface area contributed by atoms with Crippen LogP contribution in [0.25, 0.3) is 0 Å². The van der Waals surface area contributed by atoms with Crippen molar-refractivity contribution >= 4 is 39.4 Å². The molecule has 36 heavy (non-hydrogen) atoms. The Labute approximate surface area is 214 Å². The number of amides is 1. The van der Waals surface area contributed by atoms with Gasteiger partial charge in [-0.15, -0.1) is 0 Å². The quantitative estimate of drug-likeness (QED) is 0.226.